The minimum atomic E-state index is -1.05. The molecule has 1 aliphatic heterocycles. The zero-order valence-corrected chi connectivity index (χ0v) is 14.5. The van der Waals surface area contributed by atoms with Gasteiger partial charge in [0, 0.05) is 22.7 Å². The Balaban J connectivity index is 2.11. The summed E-state index contributed by atoms with van der Waals surface area (Å²) in [5, 5.41) is 20.3. The molecule has 128 valence electrons. The van der Waals surface area contributed by atoms with Crippen molar-refractivity contribution in [3.05, 3.63) is 64.4 Å². The fourth-order valence-electron chi connectivity index (χ4n) is 3.60. The molecular formula is C19H21ClFNO2. The molecule has 0 saturated carbocycles. The van der Waals surface area contributed by atoms with Crippen LogP contribution in [0.2, 0.25) is 5.02 Å². The molecule has 5 heteroatoms. The maximum atomic E-state index is 13.8. The van der Waals surface area contributed by atoms with Gasteiger partial charge in [0.15, 0.2) is 0 Å². The molecular weight excluding hydrogens is 329 g/mol. The van der Waals surface area contributed by atoms with E-state index < -0.39 is 24.6 Å². The van der Waals surface area contributed by atoms with Crippen LogP contribution in [0.1, 0.15) is 31.0 Å². The molecule has 2 atom stereocenters. The van der Waals surface area contributed by atoms with Crippen molar-refractivity contribution >= 4 is 17.3 Å². The van der Waals surface area contributed by atoms with Gasteiger partial charge in [0.1, 0.15) is 11.9 Å². The molecule has 3 rings (SSSR count). The Labute approximate surface area is 146 Å². The number of rotatable bonds is 4. The Bertz CT molecular complexity index is 730. The van der Waals surface area contributed by atoms with Gasteiger partial charge in [-0.15, -0.1) is 0 Å². The second kappa shape index (κ2) is 6.36. The van der Waals surface area contributed by atoms with E-state index in [0.717, 1.165) is 5.69 Å². The second-order valence-electron chi connectivity index (χ2n) is 6.93. The van der Waals surface area contributed by atoms with E-state index >= 15 is 0 Å². The number of nitrogens with zero attached hydrogens (tertiary/aromatic N) is 1. The van der Waals surface area contributed by atoms with Crippen LogP contribution in [0.5, 0.6) is 0 Å². The number of halogens is 2. The molecule has 0 fully saturated rings. The van der Waals surface area contributed by atoms with Crippen molar-refractivity contribution in [1.82, 2.24) is 0 Å². The molecule has 3 nitrogen and oxygen atoms in total. The van der Waals surface area contributed by atoms with E-state index in [2.05, 4.69) is 19.9 Å². The van der Waals surface area contributed by atoms with Crippen LogP contribution in [-0.4, -0.2) is 29.5 Å². The third-order valence-electron chi connectivity index (χ3n) is 4.62. The number of fused-ring (bicyclic) bond motifs is 1. The normalized spacial score (nSPS) is 18.3. The van der Waals surface area contributed by atoms with Gasteiger partial charge in [-0.1, -0.05) is 43.6 Å². The van der Waals surface area contributed by atoms with Crippen molar-refractivity contribution in [2.45, 2.75) is 31.4 Å². The van der Waals surface area contributed by atoms with E-state index in [0.29, 0.717) is 12.1 Å². The molecule has 1 aliphatic rings. The Morgan fingerprint density at radius 1 is 1.25 bits per heavy atom. The molecule has 0 bridgehead atoms. The lowest BCUT2D eigenvalue weighted by atomic mass is 9.87. The van der Waals surface area contributed by atoms with Crippen LogP contribution in [-0.2, 0) is 5.41 Å². The SMILES string of the molecule is CC1(C)CN([C@@H](c2cc(F)cc(Cl)c2)[C@H](O)CO)c2ccccc21. The zero-order chi connectivity index (χ0) is 17.5. The highest BCUT2D eigenvalue weighted by Gasteiger charge is 2.40. The predicted molar refractivity (Wildman–Crippen MR) is 94.1 cm³/mol. The van der Waals surface area contributed by atoms with Crippen LogP contribution >= 0.6 is 11.6 Å². The third-order valence-corrected chi connectivity index (χ3v) is 4.84. The van der Waals surface area contributed by atoms with Crippen LogP contribution in [0.3, 0.4) is 0 Å². The molecule has 1 heterocycles. The average molecular weight is 350 g/mol. The van der Waals surface area contributed by atoms with Crippen molar-refractivity contribution in [3.63, 3.8) is 0 Å². The summed E-state index contributed by atoms with van der Waals surface area (Å²) in [5.74, 6) is -0.459. The molecule has 0 unspecified atom stereocenters. The summed E-state index contributed by atoms with van der Waals surface area (Å²) in [6.45, 7) is 4.50. The largest absolute Gasteiger partial charge is 0.394 e. The minimum absolute atomic E-state index is 0.110. The Morgan fingerprint density at radius 3 is 2.62 bits per heavy atom. The molecule has 0 amide bonds. The van der Waals surface area contributed by atoms with Crippen molar-refractivity contribution in [2.24, 2.45) is 0 Å². The quantitative estimate of drug-likeness (QED) is 0.885. The van der Waals surface area contributed by atoms with E-state index in [1.807, 2.05) is 23.1 Å². The summed E-state index contributed by atoms with van der Waals surface area (Å²) in [6.07, 6.45) is -1.05. The van der Waals surface area contributed by atoms with E-state index in [1.165, 1.54) is 17.7 Å². The number of hydrogen-bond donors (Lipinski definition) is 2. The number of para-hydroxylation sites is 1. The van der Waals surface area contributed by atoms with Crippen molar-refractivity contribution in [1.29, 1.82) is 0 Å². The van der Waals surface area contributed by atoms with Crippen molar-refractivity contribution in [3.8, 4) is 0 Å². The highest BCUT2D eigenvalue weighted by atomic mass is 35.5. The van der Waals surface area contributed by atoms with Gasteiger partial charge in [-0.2, -0.15) is 0 Å². The van der Waals surface area contributed by atoms with Crippen molar-refractivity contribution < 1.29 is 14.6 Å². The molecule has 0 aliphatic carbocycles. The molecule has 2 aromatic carbocycles. The Morgan fingerprint density at radius 2 is 1.96 bits per heavy atom. The molecule has 2 N–H and O–H groups in total. The highest BCUT2D eigenvalue weighted by molar-refractivity contribution is 6.30. The van der Waals surface area contributed by atoms with Gasteiger partial charge in [-0.25, -0.2) is 4.39 Å². The summed E-state index contributed by atoms with van der Waals surface area (Å²) in [5.41, 5.74) is 2.60. The van der Waals surface area contributed by atoms with Gasteiger partial charge in [0.2, 0.25) is 0 Å². The van der Waals surface area contributed by atoms with E-state index in [-0.39, 0.29) is 10.4 Å². The van der Waals surface area contributed by atoms with Crippen LogP contribution in [0.25, 0.3) is 0 Å². The smallest absolute Gasteiger partial charge is 0.125 e. The second-order valence-corrected chi connectivity index (χ2v) is 7.36. The highest BCUT2D eigenvalue weighted by Crippen LogP contribution is 2.45. The number of benzene rings is 2. The fourth-order valence-corrected chi connectivity index (χ4v) is 3.83. The minimum Gasteiger partial charge on any atom is -0.394 e. The lowest BCUT2D eigenvalue weighted by Crippen LogP contribution is -2.40. The third kappa shape index (κ3) is 3.02. The van der Waals surface area contributed by atoms with Crippen molar-refractivity contribution in [2.75, 3.05) is 18.1 Å². The molecule has 0 aromatic heterocycles. The standard InChI is InChI=1S/C19H21ClFNO2/c1-19(2)11-22(16-6-4-3-5-15(16)19)18(17(24)10-23)12-7-13(20)9-14(21)8-12/h3-9,17-18,23-24H,10-11H2,1-2H3/t17-,18+/m1/s1. The summed E-state index contributed by atoms with van der Waals surface area (Å²) in [4.78, 5) is 2.03. The Kier molecular flexibility index (Phi) is 4.56. The summed E-state index contributed by atoms with van der Waals surface area (Å²) in [7, 11) is 0. The average Bonchev–Trinajstić information content (AvgIpc) is 2.78. The summed E-state index contributed by atoms with van der Waals surface area (Å²) < 4.78 is 13.8. The lowest BCUT2D eigenvalue weighted by molar-refractivity contribution is 0.0709. The van der Waals surface area contributed by atoms with E-state index in [1.54, 1.807) is 6.07 Å². The molecule has 0 radical (unpaired) electrons. The molecule has 2 aromatic rings. The maximum Gasteiger partial charge on any atom is 0.125 e. The van der Waals surface area contributed by atoms with Gasteiger partial charge < -0.3 is 15.1 Å². The summed E-state index contributed by atoms with van der Waals surface area (Å²) in [6, 6.07) is 11.6. The molecule has 24 heavy (non-hydrogen) atoms. The van der Waals surface area contributed by atoms with Crippen LogP contribution in [0.4, 0.5) is 10.1 Å². The van der Waals surface area contributed by atoms with Crippen LogP contribution in [0.15, 0.2) is 42.5 Å². The topological polar surface area (TPSA) is 43.7 Å². The predicted octanol–water partition coefficient (Wildman–Crippen LogP) is 3.67. The number of aliphatic hydroxyl groups excluding tert-OH is 2. The fraction of sp³-hybridized carbons (Fsp3) is 0.368. The first-order valence-corrected chi connectivity index (χ1v) is 8.32. The van der Waals surface area contributed by atoms with Crippen LogP contribution < -0.4 is 4.90 Å². The first-order valence-electron chi connectivity index (χ1n) is 7.94. The van der Waals surface area contributed by atoms with E-state index in [4.69, 9.17) is 11.6 Å². The number of aliphatic hydroxyl groups is 2. The first-order chi connectivity index (χ1) is 11.3. The monoisotopic (exact) mass is 349 g/mol. The van der Waals surface area contributed by atoms with Gasteiger partial charge in [-0.05, 0) is 35.4 Å². The van der Waals surface area contributed by atoms with Gasteiger partial charge in [-0.3, -0.25) is 0 Å². The maximum absolute atomic E-state index is 13.8. The molecule has 0 saturated heterocycles. The zero-order valence-electron chi connectivity index (χ0n) is 13.7. The van der Waals surface area contributed by atoms with Gasteiger partial charge >= 0.3 is 0 Å². The van der Waals surface area contributed by atoms with Gasteiger partial charge in [0.05, 0.1) is 12.6 Å². The van der Waals surface area contributed by atoms with Gasteiger partial charge in [0.25, 0.3) is 0 Å². The van der Waals surface area contributed by atoms with Crippen LogP contribution in [0, 0.1) is 5.82 Å². The number of hydrogen-bond acceptors (Lipinski definition) is 3. The number of anilines is 1. The van der Waals surface area contributed by atoms with E-state index in [9.17, 15) is 14.6 Å². The first kappa shape index (κ1) is 17.2. The lowest BCUT2D eigenvalue weighted by Gasteiger charge is -2.35. The summed E-state index contributed by atoms with van der Waals surface area (Å²) >= 11 is 6.00. The molecule has 0 spiro atoms. The Hall–Kier alpha value is -1.62.